The van der Waals surface area contributed by atoms with Crippen molar-refractivity contribution >= 4 is 34.5 Å². The van der Waals surface area contributed by atoms with Gasteiger partial charge in [0.05, 0.1) is 11.6 Å². The maximum absolute atomic E-state index is 13.2. The molecule has 212 valence electrons. The first-order chi connectivity index (χ1) is 19.7. The lowest BCUT2D eigenvalue weighted by Crippen LogP contribution is -2.53. The van der Waals surface area contributed by atoms with E-state index in [1.807, 2.05) is 82.4 Å². The van der Waals surface area contributed by atoms with E-state index in [0.29, 0.717) is 18.9 Å². The van der Waals surface area contributed by atoms with Crippen molar-refractivity contribution in [3.63, 3.8) is 0 Å². The van der Waals surface area contributed by atoms with Gasteiger partial charge in [-0.3, -0.25) is 14.7 Å². The average Bonchev–Trinajstić information content (AvgIpc) is 2.97. The lowest BCUT2D eigenvalue weighted by Gasteiger charge is -2.36. The average molecular weight is 553 g/mol. The number of anilines is 2. The highest BCUT2D eigenvalue weighted by molar-refractivity contribution is 5.86. The summed E-state index contributed by atoms with van der Waals surface area (Å²) in [6.45, 7) is 7.95. The summed E-state index contributed by atoms with van der Waals surface area (Å²) in [4.78, 5) is 40.7. The lowest BCUT2D eigenvalue weighted by molar-refractivity contribution is -0.128. The van der Waals surface area contributed by atoms with Crippen LogP contribution in [0.4, 0.5) is 16.4 Å². The van der Waals surface area contributed by atoms with Crippen molar-refractivity contribution in [3.8, 4) is 11.1 Å². The van der Waals surface area contributed by atoms with Crippen LogP contribution >= 0.6 is 0 Å². The van der Waals surface area contributed by atoms with E-state index in [0.717, 1.165) is 46.1 Å². The topological polar surface area (TPSA) is 109 Å². The Labute approximate surface area is 240 Å². The molecule has 0 aliphatic carbocycles. The summed E-state index contributed by atoms with van der Waals surface area (Å²) in [7, 11) is 0. The molecule has 5 rings (SSSR count). The molecule has 3 heterocycles. The Kier molecular flexibility index (Phi) is 8.14. The SMILES string of the molecule is C[C@@H](NC(=O)[C@H]1CCCCN1C(=O)OC(C)(C)C)c1ccc(Nc2ncc3cc(-c4ccncc4)ccc3n2)cc1. The number of amides is 2. The number of ether oxygens (including phenoxy) is 1. The predicted octanol–water partition coefficient (Wildman–Crippen LogP) is 6.40. The number of hydrogen-bond acceptors (Lipinski definition) is 7. The van der Waals surface area contributed by atoms with Gasteiger partial charge in [-0.2, -0.15) is 0 Å². The van der Waals surface area contributed by atoms with Crippen LogP contribution in [0.25, 0.3) is 22.0 Å². The van der Waals surface area contributed by atoms with Gasteiger partial charge < -0.3 is 15.4 Å². The maximum Gasteiger partial charge on any atom is 0.410 e. The highest BCUT2D eigenvalue weighted by atomic mass is 16.6. The van der Waals surface area contributed by atoms with Crippen LogP contribution in [0.1, 0.15) is 58.6 Å². The molecule has 2 aromatic carbocycles. The number of nitrogens with zero attached hydrogens (tertiary/aromatic N) is 4. The largest absolute Gasteiger partial charge is 0.444 e. The first-order valence-corrected chi connectivity index (χ1v) is 14.0. The van der Waals surface area contributed by atoms with Crippen LogP contribution in [0.3, 0.4) is 0 Å². The van der Waals surface area contributed by atoms with Crippen LogP contribution in [-0.2, 0) is 9.53 Å². The van der Waals surface area contributed by atoms with Gasteiger partial charge in [0.1, 0.15) is 11.6 Å². The molecule has 41 heavy (non-hydrogen) atoms. The van der Waals surface area contributed by atoms with Crippen molar-refractivity contribution in [1.82, 2.24) is 25.2 Å². The monoisotopic (exact) mass is 552 g/mol. The second-order valence-corrected chi connectivity index (χ2v) is 11.4. The summed E-state index contributed by atoms with van der Waals surface area (Å²) in [5.74, 6) is 0.338. The summed E-state index contributed by atoms with van der Waals surface area (Å²) in [5.41, 5.74) is 4.20. The third-order valence-electron chi connectivity index (χ3n) is 7.05. The first kappa shape index (κ1) is 28.0. The number of nitrogens with one attached hydrogen (secondary N) is 2. The lowest BCUT2D eigenvalue weighted by atomic mass is 10.0. The third kappa shape index (κ3) is 6.98. The molecule has 1 aliphatic heterocycles. The van der Waals surface area contributed by atoms with Gasteiger partial charge in [-0.25, -0.2) is 14.8 Å². The zero-order valence-electron chi connectivity index (χ0n) is 23.9. The van der Waals surface area contributed by atoms with E-state index >= 15 is 0 Å². The van der Waals surface area contributed by atoms with Gasteiger partial charge in [-0.05, 0) is 100 Å². The molecule has 2 aromatic heterocycles. The van der Waals surface area contributed by atoms with E-state index in [2.05, 4.69) is 31.7 Å². The number of rotatable bonds is 6. The zero-order valence-corrected chi connectivity index (χ0v) is 23.9. The van der Waals surface area contributed by atoms with Crippen LogP contribution < -0.4 is 10.6 Å². The highest BCUT2D eigenvalue weighted by Crippen LogP contribution is 2.25. The normalized spacial score (nSPS) is 16.2. The van der Waals surface area contributed by atoms with E-state index in [-0.39, 0.29) is 11.9 Å². The molecule has 1 aliphatic rings. The van der Waals surface area contributed by atoms with Crippen molar-refractivity contribution in [1.29, 1.82) is 0 Å². The second kappa shape index (κ2) is 11.9. The third-order valence-corrected chi connectivity index (χ3v) is 7.05. The molecular weight excluding hydrogens is 516 g/mol. The fraction of sp³-hybridized carbons (Fsp3) is 0.344. The Morgan fingerprint density at radius 3 is 2.49 bits per heavy atom. The molecule has 9 heteroatoms. The molecule has 9 nitrogen and oxygen atoms in total. The quantitative estimate of drug-likeness (QED) is 0.285. The summed E-state index contributed by atoms with van der Waals surface area (Å²) in [5, 5.41) is 7.30. The van der Waals surface area contributed by atoms with E-state index in [9.17, 15) is 9.59 Å². The fourth-order valence-corrected chi connectivity index (χ4v) is 4.94. The molecule has 0 unspecified atom stereocenters. The zero-order chi connectivity index (χ0) is 29.0. The number of pyridine rings is 1. The van der Waals surface area contributed by atoms with Gasteiger partial charge in [-0.1, -0.05) is 18.2 Å². The number of piperidine rings is 1. The standard InChI is InChI=1S/C32H36N6O3/c1-21(35-29(39)28-7-5-6-18-38(28)31(40)41-32(2,3)4)22-8-11-26(12-9-22)36-30-34-20-25-19-24(10-13-27(25)37-30)23-14-16-33-17-15-23/h8-17,19-21,28H,5-7,18H2,1-4H3,(H,35,39)(H,34,36,37)/t21-,28-/m1/s1. The number of benzene rings is 2. The van der Waals surface area contributed by atoms with Gasteiger partial charge in [0.2, 0.25) is 11.9 Å². The molecular formula is C32H36N6O3. The predicted molar refractivity (Wildman–Crippen MR) is 160 cm³/mol. The molecule has 1 fully saturated rings. The number of aromatic nitrogens is 3. The minimum absolute atomic E-state index is 0.165. The van der Waals surface area contributed by atoms with E-state index in [1.54, 1.807) is 17.3 Å². The number of carbonyl (C=O) groups excluding carboxylic acids is 2. The molecule has 0 saturated carbocycles. The first-order valence-electron chi connectivity index (χ1n) is 14.0. The minimum atomic E-state index is -0.611. The van der Waals surface area contributed by atoms with Crippen LogP contribution in [0.2, 0.25) is 0 Å². The molecule has 2 atom stereocenters. The number of fused-ring (bicyclic) bond motifs is 1. The molecule has 2 amide bonds. The van der Waals surface area contributed by atoms with Gasteiger partial charge in [0.15, 0.2) is 0 Å². The van der Waals surface area contributed by atoms with Crippen molar-refractivity contribution in [3.05, 3.63) is 78.8 Å². The van der Waals surface area contributed by atoms with Crippen LogP contribution in [0.5, 0.6) is 0 Å². The van der Waals surface area contributed by atoms with Gasteiger partial charge >= 0.3 is 6.09 Å². The second-order valence-electron chi connectivity index (χ2n) is 11.4. The molecule has 2 N–H and O–H groups in total. The van der Waals surface area contributed by atoms with Crippen LogP contribution in [0, 0.1) is 0 Å². The smallest absolute Gasteiger partial charge is 0.410 e. The number of hydrogen-bond donors (Lipinski definition) is 2. The van der Waals surface area contributed by atoms with Crippen molar-refractivity contribution < 1.29 is 14.3 Å². The summed E-state index contributed by atoms with van der Waals surface area (Å²) in [6.07, 6.45) is 7.31. The summed E-state index contributed by atoms with van der Waals surface area (Å²) in [6, 6.07) is 17.1. The Hall–Kier alpha value is -4.53. The highest BCUT2D eigenvalue weighted by Gasteiger charge is 2.35. The number of likely N-dealkylation sites (tertiary alicyclic amines) is 1. The Bertz CT molecular complexity index is 1520. The van der Waals surface area contributed by atoms with Crippen LogP contribution in [-0.4, -0.2) is 50.0 Å². The molecule has 0 bridgehead atoms. The minimum Gasteiger partial charge on any atom is -0.444 e. The Morgan fingerprint density at radius 2 is 1.76 bits per heavy atom. The van der Waals surface area contributed by atoms with Gasteiger partial charge in [-0.15, -0.1) is 0 Å². The van der Waals surface area contributed by atoms with E-state index < -0.39 is 17.7 Å². The number of carbonyl (C=O) groups is 2. The van der Waals surface area contributed by atoms with E-state index in [4.69, 9.17) is 4.74 Å². The molecule has 4 aromatic rings. The summed E-state index contributed by atoms with van der Waals surface area (Å²) < 4.78 is 5.54. The molecule has 0 radical (unpaired) electrons. The van der Waals surface area contributed by atoms with Gasteiger partial charge in [0, 0.05) is 36.2 Å². The van der Waals surface area contributed by atoms with Crippen LogP contribution in [0.15, 0.2) is 73.2 Å². The Morgan fingerprint density at radius 1 is 1.00 bits per heavy atom. The van der Waals surface area contributed by atoms with Gasteiger partial charge in [0.25, 0.3) is 0 Å². The molecule has 0 spiro atoms. The van der Waals surface area contributed by atoms with Crippen molar-refractivity contribution in [2.45, 2.75) is 64.6 Å². The van der Waals surface area contributed by atoms with Crippen molar-refractivity contribution in [2.24, 2.45) is 0 Å². The van der Waals surface area contributed by atoms with E-state index in [1.165, 1.54) is 0 Å². The fourth-order valence-electron chi connectivity index (χ4n) is 4.94. The molecule has 1 saturated heterocycles. The maximum atomic E-state index is 13.2. The Balaban J connectivity index is 1.21. The summed E-state index contributed by atoms with van der Waals surface area (Å²) >= 11 is 0. The van der Waals surface area contributed by atoms with Crippen molar-refractivity contribution in [2.75, 3.05) is 11.9 Å².